The van der Waals surface area contributed by atoms with Gasteiger partial charge in [-0.2, -0.15) is 0 Å². The Bertz CT molecular complexity index is 258. The minimum atomic E-state index is -0.493. The van der Waals surface area contributed by atoms with Crippen molar-refractivity contribution in [3.8, 4) is 0 Å². The first kappa shape index (κ1) is 15.4. The van der Waals surface area contributed by atoms with Gasteiger partial charge in [0, 0.05) is 13.2 Å². The van der Waals surface area contributed by atoms with E-state index in [0.717, 1.165) is 45.3 Å². The minimum Gasteiger partial charge on any atom is -0.381 e. The summed E-state index contributed by atoms with van der Waals surface area (Å²) in [5, 5.41) is 3.16. The number of unbranched alkanes of at least 4 members (excludes halogenated alkanes) is 2. The summed E-state index contributed by atoms with van der Waals surface area (Å²) in [5.74, 6) is 0.115. The highest BCUT2D eigenvalue weighted by Crippen LogP contribution is 2.37. The molecule has 2 atom stereocenters. The molecule has 106 valence electrons. The third kappa shape index (κ3) is 3.69. The SMILES string of the molecule is CCCCCOCCC1CCCC1(NC)C(N)=O. The van der Waals surface area contributed by atoms with Gasteiger partial charge < -0.3 is 15.8 Å². The van der Waals surface area contributed by atoms with Crippen LogP contribution in [0.15, 0.2) is 0 Å². The van der Waals surface area contributed by atoms with Crippen molar-refractivity contribution in [2.24, 2.45) is 11.7 Å². The number of rotatable bonds is 9. The van der Waals surface area contributed by atoms with E-state index in [2.05, 4.69) is 12.2 Å². The first-order valence-electron chi connectivity index (χ1n) is 7.24. The second-order valence-electron chi connectivity index (χ2n) is 5.28. The molecule has 3 N–H and O–H groups in total. The van der Waals surface area contributed by atoms with Crippen molar-refractivity contribution in [2.75, 3.05) is 20.3 Å². The first-order chi connectivity index (χ1) is 8.67. The van der Waals surface area contributed by atoms with Crippen LogP contribution >= 0.6 is 0 Å². The van der Waals surface area contributed by atoms with Gasteiger partial charge in [-0.3, -0.25) is 4.79 Å². The Balaban J connectivity index is 2.30. The molecule has 1 aliphatic rings. The highest BCUT2D eigenvalue weighted by atomic mass is 16.5. The van der Waals surface area contributed by atoms with Gasteiger partial charge in [0.1, 0.15) is 5.54 Å². The van der Waals surface area contributed by atoms with Gasteiger partial charge >= 0.3 is 0 Å². The summed E-state index contributed by atoms with van der Waals surface area (Å²) in [6, 6.07) is 0. The van der Waals surface area contributed by atoms with Gasteiger partial charge in [-0.25, -0.2) is 0 Å². The summed E-state index contributed by atoms with van der Waals surface area (Å²) >= 11 is 0. The minimum absolute atomic E-state index is 0.210. The van der Waals surface area contributed by atoms with Gasteiger partial charge in [0.05, 0.1) is 0 Å². The van der Waals surface area contributed by atoms with Crippen LogP contribution in [0.4, 0.5) is 0 Å². The molecule has 2 unspecified atom stereocenters. The number of carbonyl (C=O) groups excluding carboxylic acids is 1. The molecule has 0 aromatic carbocycles. The molecule has 4 nitrogen and oxygen atoms in total. The number of amides is 1. The number of carbonyl (C=O) groups is 1. The highest BCUT2D eigenvalue weighted by Gasteiger charge is 2.46. The van der Waals surface area contributed by atoms with E-state index in [-0.39, 0.29) is 5.91 Å². The summed E-state index contributed by atoms with van der Waals surface area (Å²) in [6.45, 7) is 3.77. The van der Waals surface area contributed by atoms with Crippen molar-refractivity contribution in [3.63, 3.8) is 0 Å². The number of hydrogen-bond donors (Lipinski definition) is 2. The topological polar surface area (TPSA) is 64.3 Å². The Labute approximate surface area is 111 Å². The maximum Gasteiger partial charge on any atom is 0.238 e. The van der Waals surface area contributed by atoms with Crippen molar-refractivity contribution in [2.45, 2.75) is 57.4 Å². The quantitative estimate of drug-likeness (QED) is 0.619. The molecule has 1 amide bonds. The fraction of sp³-hybridized carbons (Fsp3) is 0.929. The Morgan fingerprint density at radius 3 is 2.83 bits per heavy atom. The average Bonchev–Trinajstić information content (AvgIpc) is 2.77. The van der Waals surface area contributed by atoms with Crippen LogP contribution in [0.3, 0.4) is 0 Å². The molecule has 4 heteroatoms. The smallest absolute Gasteiger partial charge is 0.238 e. The number of nitrogens with two attached hydrogens (primary N) is 1. The van der Waals surface area contributed by atoms with Crippen LogP contribution in [-0.4, -0.2) is 31.7 Å². The van der Waals surface area contributed by atoms with Crippen LogP contribution in [-0.2, 0) is 9.53 Å². The van der Waals surface area contributed by atoms with E-state index in [4.69, 9.17) is 10.5 Å². The zero-order valence-electron chi connectivity index (χ0n) is 11.8. The maximum absolute atomic E-state index is 11.7. The van der Waals surface area contributed by atoms with Crippen LogP contribution < -0.4 is 11.1 Å². The summed E-state index contributed by atoms with van der Waals surface area (Å²) in [6.07, 6.45) is 7.51. The van der Waals surface area contributed by atoms with Gasteiger partial charge in [-0.1, -0.05) is 26.2 Å². The highest BCUT2D eigenvalue weighted by molar-refractivity contribution is 5.85. The molecular formula is C14H28N2O2. The zero-order valence-corrected chi connectivity index (χ0v) is 11.8. The lowest BCUT2D eigenvalue weighted by molar-refractivity contribution is -0.125. The van der Waals surface area contributed by atoms with Crippen LogP contribution in [0.25, 0.3) is 0 Å². The fourth-order valence-corrected chi connectivity index (χ4v) is 3.03. The summed E-state index contributed by atoms with van der Waals surface area (Å²) in [4.78, 5) is 11.7. The van der Waals surface area contributed by atoms with Crippen molar-refractivity contribution in [3.05, 3.63) is 0 Å². The number of likely N-dealkylation sites (N-methyl/N-ethyl adjacent to an activating group) is 1. The van der Waals surface area contributed by atoms with Crippen LogP contribution in [0.1, 0.15) is 51.9 Å². The second-order valence-corrected chi connectivity index (χ2v) is 5.28. The molecule has 0 spiro atoms. The summed E-state index contributed by atoms with van der Waals surface area (Å²) in [7, 11) is 1.84. The third-order valence-corrected chi connectivity index (χ3v) is 4.21. The average molecular weight is 256 g/mol. The van der Waals surface area contributed by atoms with Gasteiger partial charge in [0.2, 0.25) is 5.91 Å². The molecule has 1 rings (SSSR count). The molecule has 0 aliphatic heterocycles. The standard InChI is InChI=1S/C14H28N2O2/c1-3-4-5-10-18-11-8-12-7-6-9-14(12,16-2)13(15)17/h12,16H,3-11H2,1-2H3,(H2,15,17). The molecule has 0 radical (unpaired) electrons. The molecule has 0 bridgehead atoms. The van der Waals surface area contributed by atoms with E-state index in [1.807, 2.05) is 7.05 Å². The lowest BCUT2D eigenvalue weighted by Crippen LogP contribution is -2.56. The van der Waals surface area contributed by atoms with Crippen molar-refractivity contribution < 1.29 is 9.53 Å². The Kier molecular flexibility index (Phi) is 6.65. The molecular weight excluding hydrogens is 228 g/mol. The van der Waals surface area contributed by atoms with E-state index in [0.29, 0.717) is 5.92 Å². The van der Waals surface area contributed by atoms with Gasteiger partial charge in [-0.05, 0) is 38.6 Å². The van der Waals surface area contributed by atoms with Crippen LogP contribution in [0, 0.1) is 5.92 Å². The van der Waals surface area contributed by atoms with E-state index >= 15 is 0 Å². The number of primary amides is 1. The third-order valence-electron chi connectivity index (χ3n) is 4.21. The number of hydrogen-bond acceptors (Lipinski definition) is 3. The van der Waals surface area contributed by atoms with Crippen molar-refractivity contribution in [1.82, 2.24) is 5.32 Å². The molecule has 0 aromatic heterocycles. The monoisotopic (exact) mass is 256 g/mol. The van der Waals surface area contributed by atoms with Gasteiger partial charge in [0.15, 0.2) is 0 Å². The fourth-order valence-electron chi connectivity index (χ4n) is 3.03. The first-order valence-corrected chi connectivity index (χ1v) is 7.24. The maximum atomic E-state index is 11.7. The molecule has 1 fully saturated rings. The van der Waals surface area contributed by atoms with E-state index in [1.165, 1.54) is 12.8 Å². The van der Waals surface area contributed by atoms with Crippen LogP contribution in [0.5, 0.6) is 0 Å². The van der Waals surface area contributed by atoms with E-state index in [1.54, 1.807) is 0 Å². The molecule has 0 aromatic rings. The predicted molar refractivity (Wildman–Crippen MR) is 73.3 cm³/mol. The lowest BCUT2D eigenvalue weighted by Gasteiger charge is -2.32. The number of ether oxygens (including phenoxy) is 1. The number of nitrogens with one attached hydrogen (secondary N) is 1. The van der Waals surface area contributed by atoms with Crippen molar-refractivity contribution >= 4 is 5.91 Å². The zero-order chi connectivity index (χ0) is 13.4. The largest absolute Gasteiger partial charge is 0.381 e. The predicted octanol–water partition coefficient (Wildman–Crippen LogP) is 1.83. The van der Waals surface area contributed by atoms with Crippen molar-refractivity contribution in [1.29, 1.82) is 0 Å². The summed E-state index contributed by atoms with van der Waals surface area (Å²) < 4.78 is 5.64. The summed E-state index contributed by atoms with van der Waals surface area (Å²) in [5.41, 5.74) is 5.07. The molecule has 1 aliphatic carbocycles. The molecule has 0 saturated heterocycles. The van der Waals surface area contributed by atoms with Gasteiger partial charge in [0.25, 0.3) is 0 Å². The lowest BCUT2D eigenvalue weighted by atomic mass is 9.84. The van der Waals surface area contributed by atoms with E-state index < -0.39 is 5.54 Å². The Morgan fingerprint density at radius 2 is 2.22 bits per heavy atom. The normalized spacial score (nSPS) is 27.6. The Morgan fingerprint density at radius 1 is 1.44 bits per heavy atom. The van der Waals surface area contributed by atoms with Gasteiger partial charge in [-0.15, -0.1) is 0 Å². The molecule has 1 saturated carbocycles. The second kappa shape index (κ2) is 7.74. The Hall–Kier alpha value is -0.610. The molecule has 0 heterocycles. The van der Waals surface area contributed by atoms with E-state index in [9.17, 15) is 4.79 Å². The molecule has 18 heavy (non-hydrogen) atoms. The van der Waals surface area contributed by atoms with Crippen LogP contribution in [0.2, 0.25) is 0 Å².